The highest BCUT2D eigenvalue weighted by Gasteiger charge is 2.10. The monoisotopic (exact) mass is 351 g/mol. The molecular formula is C18H17N5O3. The largest absolute Gasteiger partial charge is 0.497 e. The maximum Gasteiger partial charge on any atom is 0.339 e. The van der Waals surface area contributed by atoms with Crippen LogP contribution < -0.4 is 10.1 Å². The molecule has 1 heterocycles. The van der Waals surface area contributed by atoms with Crippen LogP contribution >= 0.6 is 0 Å². The van der Waals surface area contributed by atoms with Crippen molar-refractivity contribution in [3.05, 3.63) is 66.1 Å². The van der Waals surface area contributed by atoms with Crippen LogP contribution in [0.2, 0.25) is 0 Å². The number of methoxy groups -OCH3 is 2. The zero-order chi connectivity index (χ0) is 18.4. The van der Waals surface area contributed by atoms with Crippen LogP contribution in [0.25, 0.3) is 11.8 Å². The summed E-state index contributed by atoms with van der Waals surface area (Å²) in [6.45, 7) is 0. The van der Waals surface area contributed by atoms with Gasteiger partial charge in [-0.05, 0) is 46.8 Å². The number of nitrogens with zero attached hydrogens (tertiary/aromatic N) is 4. The highest BCUT2D eigenvalue weighted by Crippen LogP contribution is 2.17. The molecule has 0 radical (unpaired) electrons. The van der Waals surface area contributed by atoms with Gasteiger partial charge in [0.15, 0.2) is 5.82 Å². The molecule has 1 N–H and O–H groups in total. The van der Waals surface area contributed by atoms with Crippen LogP contribution in [-0.2, 0) is 4.74 Å². The number of benzene rings is 2. The van der Waals surface area contributed by atoms with Crippen molar-refractivity contribution in [2.75, 3.05) is 19.5 Å². The van der Waals surface area contributed by atoms with E-state index in [0.29, 0.717) is 17.1 Å². The fourth-order valence-electron chi connectivity index (χ4n) is 2.31. The van der Waals surface area contributed by atoms with Gasteiger partial charge in [0.05, 0.1) is 31.2 Å². The Morgan fingerprint density at radius 1 is 1.12 bits per heavy atom. The Bertz CT molecular complexity index is 919. The molecule has 0 bridgehead atoms. The first-order chi connectivity index (χ1) is 12.7. The number of aromatic nitrogens is 4. The molecule has 0 aliphatic carbocycles. The molecule has 0 saturated carbocycles. The molecule has 0 fully saturated rings. The zero-order valence-corrected chi connectivity index (χ0v) is 14.3. The number of tetrazole rings is 1. The lowest BCUT2D eigenvalue weighted by molar-refractivity contribution is 0.0602. The second-order valence-electron chi connectivity index (χ2n) is 5.16. The summed E-state index contributed by atoms with van der Waals surface area (Å²) >= 11 is 0. The number of hydrogen-bond acceptors (Lipinski definition) is 7. The second-order valence-corrected chi connectivity index (χ2v) is 5.16. The van der Waals surface area contributed by atoms with E-state index in [1.165, 1.54) is 7.11 Å². The third-order valence-electron chi connectivity index (χ3n) is 3.61. The molecule has 8 nitrogen and oxygen atoms in total. The smallest absolute Gasteiger partial charge is 0.339 e. The molecule has 132 valence electrons. The average molecular weight is 351 g/mol. The van der Waals surface area contributed by atoms with Gasteiger partial charge in [0.2, 0.25) is 0 Å². The molecule has 1 aromatic heterocycles. The number of hydrogen-bond donors (Lipinski definition) is 1. The third kappa shape index (κ3) is 3.69. The Morgan fingerprint density at radius 3 is 2.62 bits per heavy atom. The standard InChI is InChI=1S/C18H17N5O3/c1-25-14-9-7-13(8-10-14)23-17(20-21-22-23)11-12-19-16-6-4-3-5-15(16)18(24)26-2/h3-12,19H,1-2H3. The van der Waals surface area contributed by atoms with Crippen molar-refractivity contribution < 1.29 is 14.3 Å². The van der Waals surface area contributed by atoms with Crippen LogP contribution in [0.5, 0.6) is 5.75 Å². The number of para-hydroxylation sites is 1. The number of ether oxygens (including phenoxy) is 2. The lowest BCUT2D eigenvalue weighted by Gasteiger charge is -2.07. The van der Waals surface area contributed by atoms with Gasteiger partial charge in [-0.25, -0.2) is 4.79 Å². The highest BCUT2D eigenvalue weighted by atomic mass is 16.5. The molecule has 0 unspecified atom stereocenters. The molecule has 0 aliphatic heterocycles. The molecule has 0 saturated heterocycles. The molecule has 3 rings (SSSR count). The van der Waals surface area contributed by atoms with Crippen molar-refractivity contribution in [1.29, 1.82) is 0 Å². The quantitative estimate of drug-likeness (QED) is 0.682. The predicted molar refractivity (Wildman–Crippen MR) is 96.1 cm³/mol. The second kappa shape index (κ2) is 7.93. The summed E-state index contributed by atoms with van der Waals surface area (Å²) in [4.78, 5) is 11.8. The van der Waals surface area contributed by atoms with E-state index in [2.05, 4.69) is 20.8 Å². The SMILES string of the molecule is COC(=O)c1ccccc1NC=Cc1nnnn1-c1ccc(OC)cc1. The van der Waals surface area contributed by atoms with Gasteiger partial charge in [0.25, 0.3) is 0 Å². The molecule has 2 aromatic carbocycles. The lowest BCUT2D eigenvalue weighted by atomic mass is 10.2. The van der Waals surface area contributed by atoms with E-state index in [1.807, 2.05) is 30.3 Å². The maximum absolute atomic E-state index is 11.8. The van der Waals surface area contributed by atoms with Crippen LogP contribution in [0.4, 0.5) is 5.69 Å². The lowest BCUT2D eigenvalue weighted by Crippen LogP contribution is -2.05. The molecule has 0 aliphatic rings. The minimum absolute atomic E-state index is 0.412. The van der Waals surface area contributed by atoms with Gasteiger partial charge < -0.3 is 14.8 Å². The molecular weight excluding hydrogens is 334 g/mol. The van der Waals surface area contributed by atoms with Crippen molar-refractivity contribution >= 4 is 17.7 Å². The van der Waals surface area contributed by atoms with Gasteiger partial charge in [-0.3, -0.25) is 0 Å². The van der Waals surface area contributed by atoms with E-state index in [4.69, 9.17) is 9.47 Å². The Balaban J connectivity index is 1.78. The van der Waals surface area contributed by atoms with Crippen LogP contribution in [0.1, 0.15) is 16.2 Å². The summed E-state index contributed by atoms with van der Waals surface area (Å²) in [5, 5.41) is 14.7. The number of anilines is 1. The maximum atomic E-state index is 11.8. The first kappa shape index (κ1) is 17.2. The molecule has 0 atom stereocenters. The van der Waals surface area contributed by atoms with E-state index >= 15 is 0 Å². The summed E-state index contributed by atoms with van der Waals surface area (Å²) in [5.41, 5.74) is 1.86. The topological polar surface area (TPSA) is 91.2 Å². The fraction of sp³-hybridized carbons (Fsp3) is 0.111. The summed E-state index contributed by atoms with van der Waals surface area (Å²) < 4.78 is 11.5. The summed E-state index contributed by atoms with van der Waals surface area (Å²) in [7, 11) is 2.95. The highest BCUT2D eigenvalue weighted by molar-refractivity contribution is 5.95. The Kier molecular flexibility index (Phi) is 5.23. The van der Waals surface area contributed by atoms with E-state index in [1.54, 1.807) is 42.3 Å². The van der Waals surface area contributed by atoms with Gasteiger partial charge in [-0.15, -0.1) is 5.10 Å². The van der Waals surface area contributed by atoms with Crippen molar-refractivity contribution in [3.63, 3.8) is 0 Å². The number of carbonyl (C=O) groups excluding carboxylic acids is 1. The predicted octanol–water partition coefficient (Wildman–Crippen LogP) is 2.54. The van der Waals surface area contributed by atoms with E-state index in [-0.39, 0.29) is 0 Å². The summed E-state index contributed by atoms with van der Waals surface area (Å²) in [5.74, 6) is 0.864. The van der Waals surface area contributed by atoms with Crippen LogP contribution in [0.3, 0.4) is 0 Å². The van der Waals surface area contributed by atoms with Gasteiger partial charge >= 0.3 is 5.97 Å². The van der Waals surface area contributed by atoms with E-state index in [9.17, 15) is 4.79 Å². The Labute approximate surface area is 150 Å². The first-order valence-electron chi connectivity index (χ1n) is 7.76. The van der Waals surface area contributed by atoms with E-state index in [0.717, 1.165) is 11.4 Å². The minimum Gasteiger partial charge on any atom is -0.497 e. The molecule has 0 amide bonds. The summed E-state index contributed by atoms with van der Waals surface area (Å²) in [6.07, 6.45) is 3.37. The van der Waals surface area contributed by atoms with Crippen LogP contribution in [-0.4, -0.2) is 40.4 Å². The number of nitrogens with one attached hydrogen (secondary N) is 1. The number of esters is 1. The number of carbonyl (C=O) groups is 1. The Hall–Kier alpha value is -3.68. The average Bonchev–Trinajstić information content (AvgIpc) is 3.16. The number of rotatable bonds is 6. The fourth-order valence-corrected chi connectivity index (χ4v) is 2.31. The van der Waals surface area contributed by atoms with E-state index < -0.39 is 5.97 Å². The van der Waals surface area contributed by atoms with Crippen molar-refractivity contribution in [2.45, 2.75) is 0 Å². The normalized spacial score (nSPS) is 10.7. The molecule has 3 aromatic rings. The summed E-state index contributed by atoms with van der Waals surface area (Å²) in [6, 6.07) is 14.4. The van der Waals surface area contributed by atoms with Crippen molar-refractivity contribution in [3.8, 4) is 11.4 Å². The first-order valence-corrected chi connectivity index (χ1v) is 7.76. The van der Waals surface area contributed by atoms with Crippen LogP contribution in [0, 0.1) is 0 Å². The van der Waals surface area contributed by atoms with Gasteiger partial charge in [0, 0.05) is 12.3 Å². The minimum atomic E-state index is -0.412. The van der Waals surface area contributed by atoms with Crippen molar-refractivity contribution in [2.24, 2.45) is 0 Å². The van der Waals surface area contributed by atoms with Gasteiger partial charge in [-0.2, -0.15) is 4.68 Å². The Morgan fingerprint density at radius 2 is 1.88 bits per heavy atom. The zero-order valence-electron chi connectivity index (χ0n) is 14.3. The van der Waals surface area contributed by atoms with Crippen LogP contribution in [0.15, 0.2) is 54.7 Å². The molecule has 8 heteroatoms. The van der Waals surface area contributed by atoms with Gasteiger partial charge in [0.1, 0.15) is 5.75 Å². The molecule has 0 spiro atoms. The van der Waals surface area contributed by atoms with Crippen molar-refractivity contribution in [1.82, 2.24) is 20.2 Å². The van der Waals surface area contributed by atoms with Gasteiger partial charge in [-0.1, -0.05) is 12.1 Å². The molecule has 26 heavy (non-hydrogen) atoms. The third-order valence-corrected chi connectivity index (χ3v) is 3.61.